The van der Waals surface area contributed by atoms with E-state index in [9.17, 15) is 13.2 Å². The maximum absolute atomic E-state index is 13.0. The number of aryl methyl sites for hydroxylation is 1. The fourth-order valence-corrected chi connectivity index (χ4v) is 5.21. The summed E-state index contributed by atoms with van der Waals surface area (Å²) in [5, 5.41) is 0. The van der Waals surface area contributed by atoms with Crippen LogP contribution < -0.4 is 0 Å². The smallest absolute Gasteiger partial charge is 0.338 e. The van der Waals surface area contributed by atoms with Gasteiger partial charge in [-0.25, -0.2) is 13.2 Å². The largest absolute Gasteiger partial charge is 0.457 e. The van der Waals surface area contributed by atoms with Crippen LogP contribution in [0, 0.1) is 6.92 Å². The number of likely N-dealkylation sites (tertiary alicyclic amines) is 1. The molecule has 27 heavy (non-hydrogen) atoms. The highest BCUT2D eigenvalue weighted by atomic mass is 32.2. The molecule has 150 valence electrons. The Morgan fingerprint density at radius 2 is 2.00 bits per heavy atom. The summed E-state index contributed by atoms with van der Waals surface area (Å²) in [5.41, 5.74) is 0.897. The van der Waals surface area contributed by atoms with Gasteiger partial charge in [0, 0.05) is 19.6 Å². The first-order chi connectivity index (χ1) is 12.9. The number of piperidine rings is 1. The van der Waals surface area contributed by atoms with E-state index in [0.29, 0.717) is 31.9 Å². The van der Waals surface area contributed by atoms with E-state index in [1.54, 1.807) is 19.1 Å². The minimum atomic E-state index is -3.66. The molecule has 8 heteroatoms. The first-order valence-electron chi connectivity index (χ1n) is 9.53. The third-order valence-corrected chi connectivity index (χ3v) is 7.24. The molecule has 7 nitrogen and oxygen atoms in total. The Kier molecular flexibility index (Phi) is 6.52. The van der Waals surface area contributed by atoms with E-state index in [1.807, 2.05) is 0 Å². The summed E-state index contributed by atoms with van der Waals surface area (Å²) in [7, 11) is -3.66. The number of carbonyl (C=O) groups excluding carboxylic acids is 1. The number of sulfonamides is 1. The van der Waals surface area contributed by atoms with Crippen molar-refractivity contribution in [3.63, 3.8) is 0 Å². The molecule has 0 radical (unpaired) electrons. The van der Waals surface area contributed by atoms with Crippen LogP contribution in [0.5, 0.6) is 0 Å². The van der Waals surface area contributed by atoms with E-state index in [4.69, 9.17) is 9.47 Å². The fourth-order valence-electron chi connectivity index (χ4n) is 3.55. The summed E-state index contributed by atoms with van der Waals surface area (Å²) >= 11 is 0. The maximum Gasteiger partial charge on any atom is 0.338 e. The predicted molar refractivity (Wildman–Crippen MR) is 101 cm³/mol. The van der Waals surface area contributed by atoms with Gasteiger partial charge < -0.3 is 9.47 Å². The summed E-state index contributed by atoms with van der Waals surface area (Å²) in [4.78, 5) is 15.0. The molecular formula is C19H28N2O5S. The molecule has 3 rings (SSSR count). The van der Waals surface area contributed by atoms with Crippen LogP contribution in [0.2, 0.25) is 0 Å². The number of esters is 1. The summed E-state index contributed by atoms with van der Waals surface area (Å²) < 4.78 is 38.2. The van der Waals surface area contributed by atoms with Gasteiger partial charge in [0.2, 0.25) is 10.0 Å². The molecule has 2 heterocycles. The van der Waals surface area contributed by atoms with Gasteiger partial charge in [-0.3, -0.25) is 4.90 Å². The highest BCUT2D eigenvalue weighted by Crippen LogP contribution is 2.23. The number of rotatable bonds is 5. The Bertz CT molecular complexity index is 774. The van der Waals surface area contributed by atoms with Crippen LogP contribution >= 0.6 is 0 Å². The number of likely N-dealkylation sites (N-methyl/N-ethyl adjacent to an activating group) is 1. The minimum absolute atomic E-state index is 0.146. The van der Waals surface area contributed by atoms with E-state index in [0.717, 1.165) is 32.5 Å². The van der Waals surface area contributed by atoms with Crippen LogP contribution in [0.1, 0.15) is 35.7 Å². The van der Waals surface area contributed by atoms with Crippen molar-refractivity contribution in [2.75, 3.05) is 45.9 Å². The lowest BCUT2D eigenvalue weighted by molar-refractivity contribution is 0.00771. The van der Waals surface area contributed by atoms with Crippen molar-refractivity contribution in [1.29, 1.82) is 0 Å². The van der Waals surface area contributed by atoms with Crippen molar-refractivity contribution in [1.82, 2.24) is 9.21 Å². The summed E-state index contributed by atoms with van der Waals surface area (Å²) in [6, 6.07) is 4.75. The minimum Gasteiger partial charge on any atom is -0.457 e. The second-order valence-corrected chi connectivity index (χ2v) is 8.97. The van der Waals surface area contributed by atoms with Crippen LogP contribution in [0.3, 0.4) is 0 Å². The standard InChI is InChI=1S/C19H28N2O5S/c1-3-20-8-4-5-17(14-20)26-19(22)16-7-6-15(2)18(13-16)27(23,24)21-9-11-25-12-10-21/h6-7,13,17H,3-5,8-12,14H2,1-2H3. The van der Waals surface area contributed by atoms with Gasteiger partial charge in [-0.15, -0.1) is 0 Å². The van der Waals surface area contributed by atoms with Crippen molar-refractivity contribution in [3.8, 4) is 0 Å². The first kappa shape index (κ1) is 20.3. The molecule has 0 spiro atoms. The molecule has 0 aliphatic carbocycles. The van der Waals surface area contributed by atoms with Crippen molar-refractivity contribution in [3.05, 3.63) is 29.3 Å². The molecule has 2 fully saturated rings. The fraction of sp³-hybridized carbons (Fsp3) is 0.632. The highest BCUT2D eigenvalue weighted by Gasteiger charge is 2.29. The highest BCUT2D eigenvalue weighted by molar-refractivity contribution is 7.89. The third-order valence-electron chi connectivity index (χ3n) is 5.19. The number of nitrogens with zero attached hydrogens (tertiary/aromatic N) is 2. The second-order valence-electron chi connectivity index (χ2n) is 7.06. The monoisotopic (exact) mass is 396 g/mol. The molecule has 2 saturated heterocycles. The zero-order valence-electron chi connectivity index (χ0n) is 16.0. The molecule has 1 aromatic rings. The number of benzene rings is 1. The van der Waals surface area contributed by atoms with Gasteiger partial charge >= 0.3 is 5.97 Å². The van der Waals surface area contributed by atoms with Crippen LogP contribution in [-0.4, -0.2) is 75.6 Å². The predicted octanol–water partition coefficient (Wildman–Crippen LogP) is 1.66. The molecule has 2 aliphatic heterocycles. The molecule has 0 bridgehead atoms. The Morgan fingerprint density at radius 1 is 1.26 bits per heavy atom. The second kappa shape index (κ2) is 8.68. The van der Waals surface area contributed by atoms with Gasteiger partial charge in [0.1, 0.15) is 6.10 Å². The summed E-state index contributed by atoms with van der Waals surface area (Å²) in [6.45, 7) is 7.93. The molecule has 0 N–H and O–H groups in total. The van der Waals surface area contributed by atoms with Crippen LogP contribution in [0.15, 0.2) is 23.1 Å². The van der Waals surface area contributed by atoms with Gasteiger partial charge in [0.15, 0.2) is 0 Å². The third kappa shape index (κ3) is 4.68. The normalized spacial score (nSPS) is 22.5. The number of hydrogen-bond acceptors (Lipinski definition) is 6. The van der Waals surface area contributed by atoms with Crippen molar-refractivity contribution < 1.29 is 22.7 Å². The lowest BCUT2D eigenvalue weighted by Gasteiger charge is -2.31. The van der Waals surface area contributed by atoms with Crippen LogP contribution in [0.25, 0.3) is 0 Å². The number of ether oxygens (including phenoxy) is 2. The zero-order valence-corrected chi connectivity index (χ0v) is 16.8. The molecule has 0 amide bonds. The quantitative estimate of drug-likeness (QED) is 0.705. The van der Waals surface area contributed by atoms with Crippen molar-refractivity contribution in [2.24, 2.45) is 0 Å². The van der Waals surface area contributed by atoms with Gasteiger partial charge in [0.25, 0.3) is 0 Å². The molecule has 0 aromatic heterocycles. The average molecular weight is 397 g/mol. The Hall–Kier alpha value is -1.48. The SMILES string of the molecule is CCN1CCCC(OC(=O)c2ccc(C)c(S(=O)(=O)N3CCOCC3)c2)C1. The Morgan fingerprint density at radius 3 is 2.70 bits per heavy atom. The topological polar surface area (TPSA) is 76.2 Å². The molecular weight excluding hydrogens is 368 g/mol. The van der Waals surface area contributed by atoms with Gasteiger partial charge in [-0.05, 0) is 50.6 Å². The van der Waals surface area contributed by atoms with Gasteiger partial charge in [-0.1, -0.05) is 13.0 Å². The molecule has 1 aromatic carbocycles. The summed E-state index contributed by atoms with van der Waals surface area (Å²) in [6.07, 6.45) is 1.69. The van der Waals surface area contributed by atoms with E-state index in [-0.39, 0.29) is 16.6 Å². The van der Waals surface area contributed by atoms with Crippen molar-refractivity contribution in [2.45, 2.75) is 37.7 Å². The molecule has 0 saturated carbocycles. The summed E-state index contributed by atoms with van der Waals surface area (Å²) in [5.74, 6) is -0.462. The zero-order chi connectivity index (χ0) is 19.4. The van der Waals surface area contributed by atoms with Gasteiger partial charge in [0.05, 0.1) is 23.7 Å². The number of carbonyl (C=O) groups is 1. The van der Waals surface area contributed by atoms with E-state index in [1.165, 1.54) is 10.4 Å². The lowest BCUT2D eigenvalue weighted by Crippen LogP contribution is -2.41. The molecule has 2 aliphatic rings. The average Bonchev–Trinajstić information content (AvgIpc) is 2.69. The van der Waals surface area contributed by atoms with Crippen LogP contribution in [0.4, 0.5) is 0 Å². The molecule has 1 unspecified atom stereocenters. The number of morpholine rings is 1. The number of hydrogen-bond donors (Lipinski definition) is 0. The van der Waals surface area contributed by atoms with Crippen molar-refractivity contribution >= 4 is 16.0 Å². The van der Waals surface area contributed by atoms with Gasteiger partial charge in [-0.2, -0.15) is 4.31 Å². The van der Waals surface area contributed by atoms with Crippen LogP contribution in [-0.2, 0) is 19.5 Å². The van der Waals surface area contributed by atoms with E-state index in [2.05, 4.69) is 11.8 Å². The maximum atomic E-state index is 13.0. The van der Waals surface area contributed by atoms with E-state index < -0.39 is 16.0 Å². The Labute approximate surface area is 161 Å². The van der Waals surface area contributed by atoms with E-state index >= 15 is 0 Å². The molecule has 1 atom stereocenters. The Balaban J connectivity index is 1.77. The lowest BCUT2D eigenvalue weighted by atomic mass is 10.1. The first-order valence-corrected chi connectivity index (χ1v) is 11.0.